The quantitative estimate of drug-likeness (QED) is 0.435. The monoisotopic (exact) mass is 377 g/mol. The Labute approximate surface area is 165 Å². The molecule has 0 unspecified atom stereocenters. The summed E-state index contributed by atoms with van der Waals surface area (Å²) in [6.45, 7) is 12.4. The van der Waals surface area contributed by atoms with Crippen LogP contribution in [0.2, 0.25) is 0 Å². The second-order valence-electron chi connectivity index (χ2n) is 8.00. The van der Waals surface area contributed by atoms with E-state index in [0.717, 1.165) is 33.1 Å². The van der Waals surface area contributed by atoms with Gasteiger partial charge in [-0.2, -0.15) is 0 Å². The van der Waals surface area contributed by atoms with Gasteiger partial charge in [0.25, 0.3) is 0 Å². The Kier molecular flexibility index (Phi) is 4.61. The Balaban J connectivity index is 2.04. The first-order valence-corrected chi connectivity index (χ1v) is 9.93. The van der Waals surface area contributed by atoms with E-state index in [0.29, 0.717) is 11.5 Å². The van der Waals surface area contributed by atoms with Gasteiger partial charge in [0, 0.05) is 23.6 Å². The molecule has 28 heavy (non-hydrogen) atoms. The number of hydrogen-bond acceptors (Lipinski definition) is 4. The minimum atomic E-state index is 0.0470. The van der Waals surface area contributed by atoms with E-state index in [4.69, 9.17) is 19.4 Å². The standard InChI is InChI=1S/C23H27N3O2/c1-13(2)26-19-10-8-7-9-16(19)22-23(26)25-18-12-21(28-15(5)6)20(27-14(3)4)11-17(18)24-22/h7-15H,1-6H3. The lowest BCUT2D eigenvalue weighted by Gasteiger charge is -2.17. The number of hydrogen-bond donors (Lipinski definition) is 0. The van der Waals surface area contributed by atoms with Crippen LogP contribution in [0, 0.1) is 0 Å². The molecule has 0 radical (unpaired) electrons. The molecule has 5 heteroatoms. The molecular weight excluding hydrogens is 350 g/mol. The van der Waals surface area contributed by atoms with E-state index in [2.05, 4.69) is 36.6 Å². The molecule has 0 fully saturated rings. The molecule has 0 amide bonds. The number of aromatic nitrogens is 3. The first-order chi connectivity index (χ1) is 13.3. The number of benzene rings is 2. The average Bonchev–Trinajstić information content (AvgIpc) is 2.93. The number of fused-ring (bicyclic) bond motifs is 4. The third-order valence-electron chi connectivity index (χ3n) is 4.60. The maximum absolute atomic E-state index is 6.00. The predicted octanol–water partition coefficient (Wildman–Crippen LogP) is 5.89. The number of rotatable bonds is 5. The van der Waals surface area contributed by atoms with Crippen LogP contribution in [0.1, 0.15) is 47.6 Å². The molecule has 0 N–H and O–H groups in total. The van der Waals surface area contributed by atoms with Gasteiger partial charge in [0.15, 0.2) is 17.1 Å². The maximum atomic E-state index is 6.00. The Hall–Kier alpha value is -2.82. The third kappa shape index (κ3) is 3.15. The van der Waals surface area contributed by atoms with Gasteiger partial charge in [-0.15, -0.1) is 0 Å². The first-order valence-electron chi connectivity index (χ1n) is 9.93. The van der Waals surface area contributed by atoms with Crippen molar-refractivity contribution in [1.29, 1.82) is 0 Å². The van der Waals surface area contributed by atoms with E-state index in [9.17, 15) is 0 Å². The van der Waals surface area contributed by atoms with Crippen molar-refractivity contribution < 1.29 is 9.47 Å². The highest BCUT2D eigenvalue weighted by atomic mass is 16.5. The van der Waals surface area contributed by atoms with Crippen LogP contribution in [0.15, 0.2) is 36.4 Å². The highest BCUT2D eigenvalue weighted by molar-refractivity contribution is 6.06. The van der Waals surface area contributed by atoms with Crippen molar-refractivity contribution >= 4 is 33.1 Å². The fourth-order valence-corrected chi connectivity index (χ4v) is 3.62. The number of para-hydroxylation sites is 1. The van der Waals surface area contributed by atoms with Crippen molar-refractivity contribution in [2.75, 3.05) is 0 Å². The molecule has 0 saturated heterocycles. The van der Waals surface area contributed by atoms with Gasteiger partial charge < -0.3 is 14.0 Å². The van der Waals surface area contributed by atoms with Crippen LogP contribution in [0.25, 0.3) is 33.1 Å². The Morgan fingerprint density at radius 3 is 1.93 bits per heavy atom. The van der Waals surface area contributed by atoms with Gasteiger partial charge in [0.2, 0.25) is 0 Å². The Morgan fingerprint density at radius 2 is 1.36 bits per heavy atom. The van der Waals surface area contributed by atoms with Gasteiger partial charge in [-0.3, -0.25) is 0 Å². The second-order valence-corrected chi connectivity index (χ2v) is 8.00. The van der Waals surface area contributed by atoms with Gasteiger partial charge in [-0.05, 0) is 47.6 Å². The molecule has 0 atom stereocenters. The summed E-state index contributed by atoms with van der Waals surface area (Å²) in [5.74, 6) is 1.41. The normalized spacial score (nSPS) is 12.2. The first kappa shape index (κ1) is 18.5. The van der Waals surface area contributed by atoms with Crippen molar-refractivity contribution in [3.8, 4) is 11.5 Å². The molecule has 0 spiro atoms. The van der Waals surface area contributed by atoms with Crippen LogP contribution in [0.4, 0.5) is 0 Å². The van der Waals surface area contributed by atoms with E-state index in [-0.39, 0.29) is 18.2 Å². The van der Waals surface area contributed by atoms with Crippen molar-refractivity contribution in [3.63, 3.8) is 0 Å². The molecule has 4 aromatic rings. The summed E-state index contributed by atoms with van der Waals surface area (Å²) in [6, 6.07) is 12.5. The third-order valence-corrected chi connectivity index (χ3v) is 4.60. The molecule has 0 aliphatic rings. The fraction of sp³-hybridized carbons (Fsp3) is 0.391. The summed E-state index contributed by atoms with van der Waals surface area (Å²) in [5, 5.41) is 1.12. The van der Waals surface area contributed by atoms with Gasteiger partial charge in [0.05, 0.1) is 28.8 Å². The second kappa shape index (κ2) is 6.97. The Morgan fingerprint density at radius 1 is 0.786 bits per heavy atom. The predicted molar refractivity (Wildman–Crippen MR) is 114 cm³/mol. The summed E-state index contributed by atoms with van der Waals surface area (Å²) in [5.41, 5.74) is 4.59. The van der Waals surface area contributed by atoms with Crippen LogP contribution in [-0.2, 0) is 0 Å². The van der Waals surface area contributed by atoms with Crippen LogP contribution < -0.4 is 9.47 Å². The molecule has 0 bridgehead atoms. The summed E-state index contributed by atoms with van der Waals surface area (Å²) >= 11 is 0. The van der Waals surface area contributed by atoms with Crippen LogP contribution in [-0.4, -0.2) is 26.7 Å². The summed E-state index contributed by atoms with van der Waals surface area (Å²) in [4.78, 5) is 9.97. The molecule has 2 heterocycles. The Bertz CT molecular complexity index is 1160. The fourth-order valence-electron chi connectivity index (χ4n) is 3.62. The van der Waals surface area contributed by atoms with Gasteiger partial charge >= 0.3 is 0 Å². The number of ether oxygens (including phenoxy) is 2. The maximum Gasteiger partial charge on any atom is 0.163 e. The molecule has 146 valence electrons. The van der Waals surface area contributed by atoms with Gasteiger partial charge in [-0.25, -0.2) is 9.97 Å². The van der Waals surface area contributed by atoms with Crippen molar-refractivity contribution in [1.82, 2.24) is 14.5 Å². The molecule has 0 saturated carbocycles. The summed E-state index contributed by atoms with van der Waals surface area (Å²) in [7, 11) is 0. The molecule has 2 aromatic heterocycles. The summed E-state index contributed by atoms with van der Waals surface area (Å²) < 4.78 is 14.3. The van der Waals surface area contributed by atoms with Crippen LogP contribution in [0.5, 0.6) is 11.5 Å². The lowest BCUT2D eigenvalue weighted by atomic mass is 10.2. The van der Waals surface area contributed by atoms with Crippen LogP contribution >= 0.6 is 0 Å². The van der Waals surface area contributed by atoms with E-state index >= 15 is 0 Å². The van der Waals surface area contributed by atoms with E-state index < -0.39 is 0 Å². The molecule has 0 aliphatic carbocycles. The van der Waals surface area contributed by atoms with Crippen molar-refractivity contribution in [3.05, 3.63) is 36.4 Å². The minimum absolute atomic E-state index is 0.0470. The van der Waals surface area contributed by atoms with E-state index in [1.54, 1.807) is 0 Å². The largest absolute Gasteiger partial charge is 0.487 e. The lowest BCUT2D eigenvalue weighted by Crippen LogP contribution is -2.11. The summed E-state index contributed by atoms with van der Waals surface area (Å²) in [6.07, 6.45) is 0.0947. The minimum Gasteiger partial charge on any atom is -0.487 e. The lowest BCUT2D eigenvalue weighted by molar-refractivity contribution is 0.199. The zero-order valence-corrected chi connectivity index (χ0v) is 17.4. The van der Waals surface area contributed by atoms with Crippen molar-refractivity contribution in [2.24, 2.45) is 0 Å². The average molecular weight is 377 g/mol. The molecular formula is C23H27N3O2. The highest BCUT2D eigenvalue weighted by Crippen LogP contribution is 2.36. The molecule has 2 aromatic carbocycles. The topological polar surface area (TPSA) is 49.2 Å². The molecule has 5 nitrogen and oxygen atoms in total. The van der Waals surface area contributed by atoms with Crippen LogP contribution in [0.3, 0.4) is 0 Å². The zero-order valence-electron chi connectivity index (χ0n) is 17.4. The van der Waals surface area contributed by atoms with E-state index in [1.807, 2.05) is 45.9 Å². The SMILES string of the molecule is CC(C)Oc1cc2nc3c4ccccc4n(C(C)C)c3nc2cc1OC(C)C. The number of nitrogens with zero attached hydrogens (tertiary/aromatic N) is 3. The molecule has 0 aliphatic heterocycles. The van der Waals surface area contributed by atoms with Crippen molar-refractivity contribution in [2.45, 2.75) is 59.8 Å². The van der Waals surface area contributed by atoms with E-state index in [1.165, 1.54) is 0 Å². The van der Waals surface area contributed by atoms with Gasteiger partial charge in [-0.1, -0.05) is 18.2 Å². The van der Waals surface area contributed by atoms with Gasteiger partial charge in [0.1, 0.15) is 5.52 Å². The molecule has 4 rings (SSSR count). The smallest absolute Gasteiger partial charge is 0.163 e. The highest BCUT2D eigenvalue weighted by Gasteiger charge is 2.18. The zero-order chi connectivity index (χ0) is 20.0.